The molecular weight excluding hydrogens is 674 g/mol. The SMILES string of the molecule is CCCNC(=O)C(Cc1ccccc1)N(Cc1ccc(Cl)cc1)C(=O)CN(c1cc(C(F)(F)F)ccc1Cl)S(=O)(=O)c1ccccc1. The number of carbonyl (C=O) groups excluding carboxylic acids is 2. The van der Waals surface area contributed by atoms with E-state index in [9.17, 15) is 31.2 Å². The first-order valence-electron chi connectivity index (χ1n) is 14.6. The molecule has 0 spiro atoms. The van der Waals surface area contributed by atoms with Crippen molar-refractivity contribution in [1.29, 1.82) is 0 Å². The molecule has 1 unspecified atom stereocenters. The molecule has 1 atom stereocenters. The first kappa shape index (κ1) is 35.8. The molecule has 4 aromatic rings. The molecule has 7 nitrogen and oxygen atoms in total. The Labute approximate surface area is 282 Å². The van der Waals surface area contributed by atoms with Crippen LogP contribution < -0.4 is 9.62 Å². The average Bonchev–Trinajstić information content (AvgIpc) is 3.05. The quantitative estimate of drug-likeness (QED) is 0.157. The van der Waals surface area contributed by atoms with Crippen LogP contribution in [0.25, 0.3) is 0 Å². The Hall–Kier alpha value is -4.06. The molecular formula is C34H32Cl2F3N3O4S. The van der Waals surface area contributed by atoms with E-state index in [0.717, 1.165) is 17.7 Å². The van der Waals surface area contributed by atoms with Gasteiger partial charge in [0.1, 0.15) is 12.6 Å². The maximum atomic E-state index is 14.4. The lowest BCUT2D eigenvalue weighted by molar-refractivity contribution is -0.140. The fourth-order valence-corrected chi connectivity index (χ4v) is 6.66. The fraction of sp³-hybridized carbons (Fsp3) is 0.235. The van der Waals surface area contributed by atoms with E-state index in [2.05, 4.69) is 5.32 Å². The molecule has 0 saturated carbocycles. The molecule has 13 heteroatoms. The van der Waals surface area contributed by atoms with Gasteiger partial charge in [-0.25, -0.2) is 8.42 Å². The summed E-state index contributed by atoms with van der Waals surface area (Å²) in [7, 11) is -4.65. The third-order valence-corrected chi connectivity index (χ3v) is 9.58. The summed E-state index contributed by atoms with van der Waals surface area (Å²) in [5.74, 6) is -1.33. The molecule has 0 aliphatic heterocycles. The van der Waals surface area contributed by atoms with Crippen molar-refractivity contribution in [2.75, 3.05) is 17.4 Å². The molecule has 1 N–H and O–H groups in total. The number of nitrogens with one attached hydrogen (secondary N) is 1. The number of nitrogens with zero attached hydrogens (tertiary/aromatic N) is 2. The number of alkyl halides is 3. The topological polar surface area (TPSA) is 86.8 Å². The Balaban J connectivity index is 1.86. The number of halogens is 5. The molecule has 47 heavy (non-hydrogen) atoms. The number of hydrogen-bond donors (Lipinski definition) is 1. The summed E-state index contributed by atoms with van der Waals surface area (Å²) in [4.78, 5) is 29.1. The van der Waals surface area contributed by atoms with Crippen LogP contribution in [-0.2, 0) is 38.8 Å². The van der Waals surface area contributed by atoms with Crippen LogP contribution >= 0.6 is 23.2 Å². The molecule has 0 aliphatic rings. The zero-order valence-electron chi connectivity index (χ0n) is 25.3. The minimum Gasteiger partial charge on any atom is -0.354 e. The second kappa shape index (κ2) is 15.7. The normalized spacial score (nSPS) is 12.3. The van der Waals surface area contributed by atoms with Crippen LogP contribution in [0.3, 0.4) is 0 Å². The summed E-state index contributed by atoms with van der Waals surface area (Å²) in [5.41, 5.74) is -0.386. The highest BCUT2D eigenvalue weighted by Crippen LogP contribution is 2.37. The van der Waals surface area contributed by atoms with Crippen LogP contribution in [0.4, 0.5) is 18.9 Å². The van der Waals surface area contributed by atoms with Gasteiger partial charge in [0.15, 0.2) is 0 Å². The van der Waals surface area contributed by atoms with Crippen molar-refractivity contribution in [2.24, 2.45) is 0 Å². The molecule has 0 fully saturated rings. The highest BCUT2D eigenvalue weighted by molar-refractivity contribution is 7.92. The Bertz CT molecular complexity index is 1780. The van der Waals surface area contributed by atoms with Gasteiger partial charge in [-0.15, -0.1) is 0 Å². The van der Waals surface area contributed by atoms with Gasteiger partial charge in [-0.05, 0) is 60.0 Å². The second-order valence-electron chi connectivity index (χ2n) is 10.6. The van der Waals surface area contributed by atoms with Gasteiger partial charge < -0.3 is 10.2 Å². The number of anilines is 1. The van der Waals surface area contributed by atoms with Gasteiger partial charge in [-0.1, -0.05) is 90.8 Å². The van der Waals surface area contributed by atoms with E-state index in [4.69, 9.17) is 23.2 Å². The average molecular weight is 707 g/mol. The number of amides is 2. The molecule has 2 amide bonds. The van der Waals surface area contributed by atoms with Gasteiger partial charge in [0.25, 0.3) is 10.0 Å². The lowest BCUT2D eigenvalue weighted by Crippen LogP contribution is -2.53. The maximum Gasteiger partial charge on any atom is 0.416 e. The van der Waals surface area contributed by atoms with Crippen LogP contribution in [0.1, 0.15) is 30.0 Å². The smallest absolute Gasteiger partial charge is 0.354 e. The Kier molecular flexibility index (Phi) is 11.9. The van der Waals surface area contributed by atoms with Gasteiger partial charge in [-0.3, -0.25) is 13.9 Å². The standard InChI is InChI=1S/C34H32Cl2F3N3O4S/c1-2-19-40-33(44)31(20-24-9-5-3-6-10-24)41(22-25-13-16-27(35)17-14-25)32(43)23-42(47(45,46)28-11-7-4-8-12-28)30-21-26(34(37,38)39)15-18-29(30)36/h3-18,21,31H,2,19-20,22-23H2,1H3,(H,40,44). The zero-order valence-corrected chi connectivity index (χ0v) is 27.6. The molecule has 4 rings (SSSR count). The molecule has 0 aliphatic carbocycles. The molecule has 4 aromatic carbocycles. The number of carbonyl (C=O) groups is 2. The summed E-state index contributed by atoms with van der Waals surface area (Å²) < 4.78 is 70.1. The first-order valence-corrected chi connectivity index (χ1v) is 16.8. The summed E-state index contributed by atoms with van der Waals surface area (Å²) in [6.07, 6.45) is -4.14. The minimum absolute atomic E-state index is 0.0749. The third kappa shape index (κ3) is 9.27. The number of hydrogen-bond acceptors (Lipinski definition) is 4. The lowest BCUT2D eigenvalue weighted by atomic mass is 10.0. The van der Waals surface area contributed by atoms with Crippen LogP contribution in [0.5, 0.6) is 0 Å². The van der Waals surface area contributed by atoms with Crippen molar-refractivity contribution < 1.29 is 31.2 Å². The molecule has 0 heterocycles. The van der Waals surface area contributed by atoms with Crippen LogP contribution in [0, 0.1) is 0 Å². The summed E-state index contributed by atoms with van der Waals surface area (Å²) >= 11 is 12.4. The molecule has 0 radical (unpaired) electrons. The van der Waals surface area contributed by atoms with Gasteiger partial charge in [0, 0.05) is 24.5 Å². The predicted molar refractivity (Wildman–Crippen MR) is 177 cm³/mol. The molecule has 0 aromatic heterocycles. The van der Waals surface area contributed by atoms with Crippen molar-refractivity contribution in [3.05, 3.63) is 130 Å². The Morgan fingerprint density at radius 3 is 2.06 bits per heavy atom. The van der Waals surface area contributed by atoms with E-state index in [-0.39, 0.29) is 22.9 Å². The number of benzene rings is 4. The highest BCUT2D eigenvalue weighted by atomic mass is 35.5. The van der Waals surface area contributed by atoms with Gasteiger partial charge >= 0.3 is 6.18 Å². The minimum atomic E-state index is -4.83. The van der Waals surface area contributed by atoms with Crippen molar-refractivity contribution in [3.8, 4) is 0 Å². The Morgan fingerprint density at radius 2 is 1.47 bits per heavy atom. The number of rotatable bonds is 13. The van der Waals surface area contributed by atoms with Gasteiger partial charge in [-0.2, -0.15) is 13.2 Å². The summed E-state index contributed by atoms with van der Waals surface area (Å²) in [6.45, 7) is 1.09. The van der Waals surface area contributed by atoms with Crippen LogP contribution in [0.15, 0.2) is 108 Å². The first-order chi connectivity index (χ1) is 22.3. The highest BCUT2D eigenvalue weighted by Gasteiger charge is 2.37. The van der Waals surface area contributed by atoms with E-state index in [1.807, 2.05) is 6.92 Å². The van der Waals surface area contributed by atoms with E-state index in [1.54, 1.807) is 60.7 Å². The van der Waals surface area contributed by atoms with Crippen molar-refractivity contribution in [1.82, 2.24) is 10.2 Å². The zero-order chi connectivity index (χ0) is 34.2. The summed E-state index contributed by atoms with van der Waals surface area (Å²) in [6, 6.07) is 23.6. The largest absolute Gasteiger partial charge is 0.416 e. The number of sulfonamides is 1. The van der Waals surface area contributed by atoms with Gasteiger partial charge in [0.2, 0.25) is 11.8 Å². The third-order valence-electron chi connectivity index (χ3n) is 7.24. The second-order valence-corrected chi connectivity index (χ2v) is 13.3. The molecule has 0 saturated heterocycles. The lowest BCUT2D eigenvalue weighted by Gasteiger charge is -2.34. The van der Waals surface area contributed by atoms with Crippen LogP contribution in [0.2, 0.25) is 10.0 Å². The van der Waals surface area contributed by atoms with E-state index in [0.29, 0.717) is 33.9 Å². The monoisotopic (exact) mass is 705 g/mol. The van der Waals surface area contributed by atoms with E-state index >= 15 is 0 Å². The molecule has 248 valence electrons. The van der Waals surface area contributed by atoms with Crippen molar-refractivity contribution in [2.45, 2.75) is 43.4 Å². The maximum absolute atomic E-state index is 14.4. The van der Waals surface area contributed by atoms with E-state index < -0.39 is 51.9 Å². The Morgan fingerprint density at radius 1 is 0.851 bits per heavy atom. The molecule has 0 bridgehead atoms. The van der Waals surface area contributed by atoms with E-state index in [1.165, 1.54) is 29.2 Å². The summed E-state index contributed by atoms with van der Waals surface area (Å²) in [5, 5.41) is 2.94. The van der Waals surface area contributed by atoms with Crippen LogP contribution in [-0.4, -0.2) is 44.3 Å². The fourth-order valence-electron chi connectivity index (χ4n) is 4.82. The predicted octanol–water partition coefficient (Wildman–Crippen LogP) is 7.37. The van der Waals surface area contributed by atoms with Crippen molar-refractivity contribution >= 4 is 50.7 Å². The van der Waals surface area contributed by atoms with Gasteiger partial charge in [0.05, 0.1) is 21.2 Å². The van der Waals surface area contributed by atoms with Crippen molar-refractivity contribution in [3.63, 3.8) is 0 Å².